The highest BCUT2D eigenvalue weighted by Gasteiger charge is 2.30. The van der Waals surface area contributed by atoms with Crippen molar-refractivity contribution in [2.24, 2.45) is 5.92 Å². The maximum atomic E-state index is 12.7. The highest BCUT2D eigenvalue weighted by molar-refractivity contribution is 7.91. The smallest absolute Gasteiger partial charge is 0.252 e. The van der Waals surface area contributed by atoms with E-state index >= 15 is 0 Å². The molecule has 6 heteroatoms. The minimum Gasteiger partial charge on any atom is -0.313 e. The van der Waals surface area contributed by atoms with Crippen LogP contribution in [-0.2, 0) is 16.6 Å². The van der Waals surface area contributed by atoms with Gasteiger partial charge >= 0.3 is 0 Å². The predicted octanol–water partition coefficient (Wildman–Crippen LogP) is 2.67. The number of nitrogens with zero attached hydrogens (tertiary/aromatic N) is 1. The van der Waals surface area contributed by atoms with Gasteiger partial charge in [-0.25, -0.2) is 8.42 Å². The summed E-state index contributed by atoms with van der Waals surface area (Å²) in [6.07, 6.45) is 3.19. The maximum Gasteiger partial charge on any atom is 0.252 e. The summed E-state index contributed by atoms with van der Waals surface area (Å²) in [5.74, 6) is 0.514. The molecule has 1 aliphatic heterocycles. The van der Waals surface area contributed by atoms with E-state index in [1.807, 2.05) is 18.4 Å². The first-order valence-corrected chi connectivity index (χ1v) is 9.68. The fourth-order valence-electron chi connectivity index (χ4n) is 2.56. The Morgan fingerprint density at radius 3 is 2.95 bits per heavy atom. The lowest BCUT2D eigenvalue weighted by Gasteiger charge is -2.30. The number of hydrogen-bond donors (Lipinski definition) is 1. The molecule has 1 saturated heterocycles. The SMILES string of the molecule is CCNCc1csc(S(=O)(=O)N2CCCC(CC)C2)c1. The van der Waals surface area contributed by atoms with Crippen molar-refractivity contribution >= 4 is 21.4 Å². The summed E-state index contributed by atoms with van der Waals surface area (Å²) < 4.78 is 27.5. The first-order chi connectivity index (χ1) is 9.57. The fraction of sp³-hybridized carbons (Fsp3) is 0.714. The van der Waals surface area contributed by atoms with Crippen LogP contribution in [0.2, 0.25) is 0 Å². The van der Waals surface area contributed by atoms with Crippen molar-refractivity contribution in [1.29, 1.82) is 0 Å². The molecule has 0 saturated carbocycles. The quantitative estimate of drug-likeness (QED) is 0.878. The number of sulfonamides is 1. The third-order valence-corrected chi connectivity index (χ3v) is 7.19. The van der Waals surface area contributed by atoms with Crippen molar-refractivity contribution in [1.82, 2.24) is 9.62 Å². The Kier molecular flexibility index (Phi) is 5.60. The van der Waals surface area contributed by atoms with Crippen LogP contribution >= 0.6 is 11.3 Å². The van der Waals surface area contributed by atoms with E-state index in [1.54, 1.807) is 4.31 Å². The van der Waals surface area contributed by atoms with Crippen LogP contribution in [-0.4, -0.2) is 32.4 Å². The first-order valence-electron chi connectivity index (χ1n) is 7.36. The molecule has 0 amide bonds. The largest absolute Gasteiger partial charge is 0.313 e. The van der Waals surface area contributed by atoms with Crippen LogP contribution in [0.5, 0.6) is 0 Å². The highest BCUT2D eigenvalue weighted by Crippen LogP contribution is 2.28. The standard InChI is InChI=1S/C14H24N2O2S2/c1-3-12-6-5-7-16(10-12)20(17,18)14-8-13(11-19-14)9-15-4-2/h8,11-12,15H,3-7,9-10H2,1-2H3. The van der Waals surface area contributed by atoms with Crippen molar-refractivity contribution in [2.45, 2.75) is 43.9 Å². The van der Waals surface area contributed by atoms with Crippen molar-refractivity contribution in [3.63, 3.8) is 0 Å². The molecule has 0 aromatic carbocycles. The minimum absolute atomic E-state index is 0.488. The Balaban J connectivity index is 2.11. The van der Waals surface area contributed by atoms with Crippen molar-refractivity contribution in [2.75, 3.05) is 19.6 Å². The van der Waals surface area contributed by atoms with Crippen molar-refractivity contribution in [3.05, 3.63) is 17.0 Å². The molecule has 0 aliphatic carbocycles. The molecule has 1 atom stereocenters. The van der Waals surface area contributed by atoms with Gasteiger partial charge in [0, 0.05) is 19.6 Å². The highest BCUT2D eigenvalue weighted by atomic mass is 32.2. The molecule has 4 nitrogen and oxygen atoms in total. The van der Waals surface area contributed by atoms with Gasteiger partial charge in [0.2, 0.25) is 0 Å². The van der Waals surface area contributed by atoms with E-state index < -0.39 is 10.0 Å². The van der Waals surface area contributed by atoms with Crippen LogP contribution < -0.4 is 5.32 Å². The number of hydrogen-bond acceptors (Lipinski definition) is 4. The molecule has 1 N–H and O–H groups in total. The Hall–Kier alpha value is -0.430. The Morgan fingerprint density at radius 1 is 1.45 bits per heavy atom. The van der Waals surface area contributed by atoms with Crippen LogP contribution in [0.15, 0.2) is 15.7 Å². The second kappa shape index (κ2) is 7.02. The molecule has 0 bridgehead atoms. The Morgan fingerprint density at radius 2 is 2.25 bits per heavy atom. The molecule has 1 aromatic heterocycles. The molecule has 20 heavy (non-hydrogen) atoms. The normalized spacial score (nSPS) is 21.2. The van der Waals surface area contributed by atoms with Crippen molar-refractivity contribution < 1.29 is 8.42 Å². The number of piperidine rings is 1. The summed E-state index contributed by atoms with van der Waals surface area (Å²) in [5.41, 5.74) is 1.06. The van der Waals surface area contributed by atoms with Gasteiger partial charge in [0.15, 0.2) is 0 Å². The third-order valence-electron chi connectivity index (χ3n) is 3.86. The molecule has 1 fully saturated rings. The van der Waals surface area contributed by atoms with Gasteiger partial charge in [-0.3, -0.25) is 0 Å². The molecule has 114 valence electrons. The molecule has 1 aromatic rings. The molecular weight excluding hydrogens is 292 g/mol. The molecule has 2 rings (SSSR count). The van der Waals surface area contributed by atoms with E-state index in [4.69, 9.17) is 0 Å². The summed E-state index contributed by atoms with van der Waals surface area (Å²) >= 11 is 1.34. The van der Waals surface area contributed by atoms with E-state index in [2.05, 4.69) is 12.2 Å². The topological polar surface area (TPSA) is 49.4 Å². The molecule has 1 aliphatic rings. The molecule has 0 spiro atoms. The lowest BCUT2D eigenvalue weighted by atomic mass is 9.97. The fourth-order valence-corrected chi connectivity index (χ4v) is 5.47. The van der Waals surface area contributed by atoms with E-state index in [-0.39, 0.29) is 0 Å². The van der Waals surface area contributed by atoms with E-state index in [0.717, 1.165) is 37.9 Å². The summed E-state index contributed by atoms with van der Waals surface area (Å²) in [6, 6.07) is 1.82. The second-order valence-corrected chi connectivity index (χ2v) is 8.41. The van der Waals surface area contributed by atoms with Gasteiger partial charge in [-0.1, -0.05) is 20.3 Å². The molecule has 2 heterocycles. The Bertz CT molecular complexity index is 525. The zero-order valence-electron chi connectivity index (χ0n) is 12.3. The van der Waals surface area contributed by atoms with Crippen LogP contribution in [0, 0.1) is 5.92 Å². The monoisotopic (exact) mass is 316 g/mol. The van der Waals surface area contributed by atoms with Gasteiger partial charge < -0.3 is 5.32 Å². The first kappa shape index (κ1) is 15.9. The number of nitrogens with one attached hydrogen (secondary N) is 1. The predicted molar refractivity (Wildman–Crippen MR) is 83.5 cm³/mol. The lowest BCUT2D eigenvalue weighted by Crippen LogP contribution is -2.39. The average molecular weight is 316 g/mol. The maximum absolute atomic E-state index is 12.7. The van der Waals surface area contributed by atoms with Gasteiger partial charge in [-0.05, 0) is 42.3 Å². The van der Waals surface area contributed by atoms with Crippen LogP contribution in [0.25, 0.3) is 0 Å². The third kappa shape index (κ3) is 3.61. The summed E-state index contributed by atoms with van der Waals surface area (Å²) in [4.78, 5) is 0. The van der Waals surface area contributed by atoms with Crippen LogP contribution in [0.3, 0.4) is 0 Å². The molecule has 0 radical (unpaired) electrons. The average Bonchev–Trinajstić information content (AvgIpc) is 2.94. The van der Waals surface area contributed by atoms with Crippen LogP contribution in [0.1, 0.15) is 38.7 Å². The van der Waals surface area contributed by atoms with Gasteiger partial charge in [0.1, 0.15) is 4.21 Å². The zero-order chi connectivity index (χ0) is 14.6. The van der Waals surface area contributed by atoms with Gasteiger partial charge in [-0.2, -0.15) is 4.31 Å². The van der Waals surface area contributed by atoms with Crippen LogP contribution in [0.4, 0.5) is 0 Å². The Labute approximate surface area is 126 Å². The summed E-state index contributed by atoms with van der Waals surface area (Å²) in [6.45, 7) is 7.16. The van der Waals surface area contributed by atoms with Gasteiger partial charge in [0.25, 0.3) is 10.0 Å². The number of rotatable bonds is 6. The van der Waals surface area contributed by atoms with E-state index in [0.29, 0.717) is 23.2 Å². The second-order valence-electron chi connectivity index (χ2n) is 5.33. The van der Waals surface area contributed by atoms with E-state index in [9.17, 15) is 8.42 Å². The van der Waals surface area contributed by atoms with Gasteiger partial charge in [-0.15, -0.1) is 11.3 Å². The molecular formula is C14H24N2O2S2. The minimum atomic E-state index is -3.29. The lowest BCUT2D eigenvalue weighted by molar-refractivity contribution is 0.262. The van der Waals surface area contributed by atoms with Gasteiger partial charge in [0.05, 0.1) is 0 Å². The summed E-state index contributed by atoms with van der Waals surface area (Å²) in [7, 11) is -3.29. The molecule has 1 unspecified atom stereocenters. The van der Waals surface area contributed by atoms with Crippen molar-refractivity contribution in [3.8, 4) is 0 Å². The number of thiophene rings is 1. The summed E-state index contributed by atoms with van der Waals surface area (Å²) in [5, 5.41) is 5.16. The van der Waals surface area contributed by atoms with E-state index in [1.165, 1.54) is 11.3 Å². The zero-order valence-corrected chi connectivity index (χ0v) is 13.9.